The van der Waals surface area contributed by atoms with Crippen molar-refractivity contribution in [2.75, 3.05) is 56.6 Å². The third-order valence-corrected chi connectivity index (χ3v) is 9.39. The molecule has 0 saturated carbocycles. The molecule has 1 unspecified atom stereocenters. The van der Waals surface area contributed by atoms with Crippen LogP contribution in [0.25, 0.3) is 11.3 Å². The van der Waals surface area contributed by atoms with Gasteiger partial charge in [-0.3, -0.25) is 19.3 Å². The van der Waals surface area contributed by atoms with Crippen molar-refractivity contribution >= 4 is 37.8 Å². The highest BCUT2D eigenvalue weighted by Gasteiger charge is 2.22. The lowest BCUT2D eigenvalue weighted by Crippen LogP contribution is -2.49. The van der Waals surface area contributed by atoms with Crippen LogP contribution in [0.4, 0.5) is 17.2 Å². The molecule has 0 spiro atoms. The Balaban J connectivity index is 1.28. The van der Waals surface area contributed by atoms with Crippen LogP contribution in [0, 0.1) is 6.92 Å². The van der Waals surface area contributed by atoms with E-state index < -0.39 is 0 Å². The van der Waals surface area contributed by atoms with Crippen molar-refractivity contribution in [2.45, 2.75) is 33.1 Å². The molecule has 1 aliphatic heterocycles. The van der Waals surface area contributed by atoms with Crippen molar-refractivity contribution < 1.29 is 14.1 Å². The number of nitrogens with one attached hydrogen (secondary N) is 2. The SMILES string of the molecule is COPCCN1CCN(C(=O)c2ccc(Nc3nc(-c4cccc(NC(=O)c5ccc(C(C)(C)C)cc5)c4C)cn(C)c3=O)cc2)CC1. The van der Waals surface area contributed by atoms with Gasteiger partial charge in [-0.25, -0.2) is 4.98 Å². The summed E-state index contributed by atoms with van der Waals surface area (Å²) in [6, 6.07) is 20.4. The molecule has 1 atom stereocenters. The van der Waals surface area contributed by atoms with Crippen LogP contribution in [0.1, 0.15) is 52.6 Å². The lowest BCUT2D eigenvalue weighted by atomic mass is 9.86. The zero-order valence-electron chi connectivity index (χ0n) is 28.6. The van der Waals surface area contributed by atoms with Gasteiger partial charge in [0.2, 0.25) is 0 Å². The number of aryl methyl sites for hydroxylation is 1. The van der Waals surface area contributed by atoms with Gasteiger partial charge < -0.3 is 24.6 Å². The quantitative estimate of drug-likeness (QED) is 0.157. The molecule has 0 bridgehead atoms. The van der Waals surface area contributed by atoms with Crippen LogP contribution in [-0.2, 0) is 17.0 Å². The van der Waals surface area contributed by atoms with E-state index in [9.17, 15) is 14.4 Å². The maximum atomic E-state index is 13.2. The summed E-state index contributed by atoms with van der Waals surface area (Å²) in [4.78, 5) is 48.3. The summed E-state index contributed by atoms with van der Waals surface area (Å²) in [6.45, 7) is 12.4. The summed E-state index contributed by atoms with van der Waals surface area (Å²) in [5, 5.41) is 6.18. The Morgan fingerprint density at radius 2 is 1.60 bits per heavy atom. The molecule has 4 aromatic rings. The molecular weight excluding hydrogens is 623 g/mol. The van der Waals surface area contributed by atoms with E-state index in [0.29, 0.717) is 50.1 Å². The Morgan fingerprint density at radius 3 is 2.25 bits per heavy atom. The standard InChI is InChI=1S/C37H45N6O4P/c1-25-30(8-7-9-31(25)40-34(44)26-10-14-28(15-11-26)37(2,3)4)32-24-41(5)36(46)33(39-32)38-29-16-12-27(13-17-29)35(45)43-20-18-42(19-21-43)22-23-48-47-6/h7-17,24,48H,18-23H2,1-6H3,(H,38,39)(H,40,44). The van der Waals surface area contributed by atoms with E-state index in [4.69, 9.17) is 9.51 Å². The van der Waals surface area contributed by atoms with E-state index in [0.717, 1.165) is 42.5 Å². The normalized spacial score (nSPS) is 14.0. The van der Waals surface area contributed by atoms with Crippen LogP contribution >= 0.6 is 8.81 Å². The van der Waals surface area contributed by atoms with Crippen LogP contribution in [0.2, 0.25) is 0 Å². The number of rotatable bonds is 10. The maximum absolute atomic E-state index is 13.2. The van der Waals surface area contributed by atoms with E-state index in [1.807, 2.05) is 54.3 Å². The number of nitrogens with zero attached hydrogens (tertiary/aromatic N) is 4. The van der Waals surface area contributed by atoms with E-state index in [1.165, 1.54) is 4.57 Å². The van der Waals surface area contributed by atoms with Gasteiger partial charge in [-0.15, -0.1) is 0 Å². The van der Waals surface area contributed by atoms with Crippen molar-refractivity contribution in [1.29, 1.82) is 0 Å². The first kappa shape index (κ1) is 35.0. The molecule has 0 radical (unpaired) electrons. The van der Waals surface area contributed by atoms with Crippen LogP contribution in [0.5, 0.6) is 0 Å². The highest BCUT2D eigenvalue weighted by Crippen LogP contribution is 2.29. The van der Waals surface area contributed by atoms with Gasteiger partial charge in [-0.2, -0.15) is 0 Å². The summed E-state index contributed by atoms with van der Waals surface area (Å²) in [7, 11) is 3.91. The lowest BCUT2D eigenvalue weighted by molar-refractivity contribution is 0.0644. The Kier molecular flexibility index (Phi) is 11.1. The highest BCUT2D eigenvalue weighted by molar-refractivity contribution is 7.32. The van der Waals surface area contributed by atoms with Crippen LogP contribution < -0.4 is 16.2 Å². The Hall–Kier alpha value is -4.37. The largest absolute Gasteiger partial charge is 0.366 e. The molecule has 2 N–H and O–H groups in total. The fourth-order valence-electron chi connectivity index (χ4n) is 5.68. The second kappa shape index (κ2) is 15.2. The van der Waals surface area contributed by atoms with E-state index in [1.54, 1.807) is 44.6 Å². The Morgan fingerprint density at radius 1 is 0.938 bits per heavy atom. The van der Waals surface area contributed by atoms with E-state index in [2.05, 4.69) is 36.3 Å². The van der Waals surface area contributed by atoms with Gasteiger partial charge in [0.25, 0.3) is 17.4 Å². The molecule has 1 saturated heterocycles. The summed E-state index contributed by atoms with van der Waals surface area (Å²) in [5.41, 5.74) is 5.55. The van der Waals surface area contributed by atoms with E-state index >= 15 is 0 Å². The molecule has 2 heterocycles. The molecule has 1 aromatic heterocycles. The molecule has 11 heteroatoms. The fourth-order valence-corrected chi connectivity index (χ4v) is 6.29. The van der Waals surface area contributed by atoms with Gasteiger partial charge in [0.1, 0.15) is 0 Å². The number of piperazine rings is 1. The molecule has 1 aliphatic rings. The van der Waals surface area contributed by atoms with Crippen molar-refractivity contribution in [1.82, 2.24) is 19.4 Å². The van der Waals surface area contributed by atoms with Crippen molar-refractivity contribution in [3.8, 4) is 11.3 Å². The Bertz CT molecular complexity index is 1810. The number of hydrogen-bond acceptors (Lipinski definition) is 7. The number of aromatic nitrogens is 2. The van der Waals surface area contributed by atoms with Gasteiger partial charge in [0.05, 0.1) is 5.69 Å². The molecule has 1 fully saturated rings. The molecule has 3 aromatic carbocycles. The summed E-state index contributed by atoms with van der Waals surface area (Å²) < 4.78 is 6.66. The second-order valence-electron chi connectivity index (χ2n) is 13.1. The van der Waals surface area contributed by atoms with Gasteiger partial charge in [0, 0.05) is 96.1 Å². The highest BCUT2D eigenvalue weighted by atomic mass is 31.1. The predicted octanol–water partition coefficient (Wildman–Crippen LogP) is 6.05. The minimum atomic E-state index is -0.288. The fraction of sp³-hybridized carbons (Fsp3) is 0.351. The van der Waals surface area contributed by atoms with E-state index in [-0.39, 0.29) is 28.6 Å². The van der Waals surface area contributed by atoms with Crippen LogP contribution in [0.3, 0.4) is 0 Å². The predicted molar refractivity (Wildman–Crippen MR) is 195 cm³/mol. The first-order valence-electron chi connectivity index (χ1n) is 16.2. The molecule has 48 heavy (non-hydrogen) atoms. The van der Waals surface area contributed by atoms with Crippen molar-refractivity contribution in [3.05, 3.63) is 106 Å². The van der Waals surface area contributed by atoms with Crippen LogP contribution in [0.15, 0.2) is 77.7 Å². The summed E-state index contributed by atoms with van der Waals surface area (Å²) in [6.07, 6.45) is 2.70. The minimum Gasteiger partial charge on any atom is -0.366 e. The van der Waals surface area contributed by atoms with Crippen LogP contribution in [-0.4, -0.2) is 77.2 Å². The molecule has 0 aliphatic carbocycles. The molecule has 5 rings (SSSR count). The van der Waals surface area contributed by atoms with Gasteiger partial charge in [-0.1, -0.05) is 45.0 Å². The number of anilines is 3. The molecule has 2 amide bonds. The molecule has 10 nitrogen and oxygen atoms in total. The monoisotopic (exact) mass is 668 g/mol. The number of benzene rings is 3. The summed E-state index contributed by atoms with van der Waals surface area (Å²) >= 11 is 0. The Labute approximate surface area is 284 Å². The molecular formula is C37H45N6O4P. The number of carbonyl (C=O) groups excluding carboxylic acids is 2. The second-order valence-corrected chi connectivity index (χ2v) is 14.3. The van der Waals surface area contributed by atoms with Gasteiger partial charge >= 0.3 is 0 Å². The lowest BCUT2D eigenvalue weighted by Gasteiger charge is -2.34. The molecule has 252 valence electrons. The average Bonchev–Trinajstić information content (AvgIpc) is 3.08. The average molecular weight is 669 g/mol. The smallest absolute Gasteiger partial charge is 0.293 e. The summed E-state index contributed by atoms with van der Waals surface area (Å²) in [5.74, 6) is -0.0404. The maximum Gasteiger partial charge on any atom is 0.293 e. The minimum absolute atomic E-state index is 0.000312. The van der Waals surface area contributed by atoms with Crippen molar-refractivity contribution in [2.24, 2.45) is 7.05 Å². The number of amides is 2. The topological polar surface area (TPSA) is 109 Å². The zero-order chi connectivity index (χ0) is 34.4. The first-order chi connectivity index (χ1) is 22.9. The number of hydrogen-bond donors (Lipinski definition) is 2. The van der Waals surface area contributed by atoms with Gasteiger partial charge in [0.15, 0.2) is 5.82 Å². The number of carbonyl (C=O) groups is 2. The van der Waals surface area contributed by atoms with Gasteiger partial charge in [-0.05, 0) is 65.9 Å². The third kappa shape index (κ3) is 8.37. The van der Waals surface area contributed by atoms with Crippen molar-refractivity contribution in [3.63, 3.8) is 0 Å². The zero-order valence-corrected chi connectivity index (χ0v) is 29.6. The third-order valence-electron chi connectivity index (χ3n) is 8.67. The first-order valence-corrected chi connectivity index (χ1v) is 17.3.